The normalized spacial score (nSPS) is 45.8. The first-order valence-electron chi connectivity index (χ1n) is 15.8. The lowest BCUT2D eigenvalue weighted by Crippen LogP contribution is -2.57. The molecule has 40 heavy (non-hydrogen) atoms. The smallest absolute Gasteiger partial charge is 0.303 e. The van der Waals surface area contributed by atoms with Crippen LogP contribution in [0.5, 0.6) is 0 Å². The van der Waals surface area contributed by atoms with Crippen LogP contribution in [-0.2, 0) is 28.6 Å². The quantitative estimate of drug-likeness (QED) is 0.317. The summed E-state index contributed by atoms with van der Waals surface area (Å²) in [6.45, 7) is 15.3. The van der Waals surface area contributed by atoms with Crippen LogP contribution >= 0.6 is 0 Å². The number of hydrogen-bond acceptors (Lipinski definition) is 7. The van der Waals surface area contributed by atoms with Gasteiger partial charge >= 0.3 is 11.9 Å². The molecule has 0 aromatic carbocycles. The molecule has 7 heteroatoms. The summed E-state index contributed by atoms with van der Waals surface area (Å²) in [6.07, 6.45) is 8.70. The van der Waals surface area contributed by atoms with Crippen molar-refractivity contribution in [1.82, 2.24) is 0 Å². The van der Waals surface area contributed by atoms with E-state index in [1.807, 2.05) is 13.8 Å². The molecule has 0 aromatic heterocycles. The van der Waals surface area contributed by atoms with E-state index in [1.54, 1.807) is 6.92 Å². The zero-order chi connectivity index (χ0) is 29.5. The average molecular weight is 561 g/mol. The Hall–Kier alpha value is -1.47. The van der Waals surface area contributed by atoms with Crippen LogP contribution in [0.4, 0.5) is 0 Å². The second-order valence-corrected chi connectivity index (χ2v) is 15.2. The molecule has 1 aliphatic heterocycles. The van der Waals surface area contributed by atoms with Crippen molar-refractivity contribution < 1.29 is 33.7 Å². The van der Waals surface area contributed by atoms with Crippen molar-refractivity contribution in [1.29, 1.82) is 0 Å². The molecule has 4 saturated carbocycles. The Balaban J connectivity index is 1.40. The number of epoxide rings is 1. The maximum atomic E-state index is 12.4. The lowest BCUT2D eigenvalue weighted by atomic mass is 9.44. The van der Waals surface area contributed by atoms with E-state index in [-0.39, 0.29) is 40.8 Å². The first-order valence-corrected chi connectivity index (χ1v) is 15.8. The molecule has 7 nitrogen and oxygen atoms in total. The van der Waals surface area contributed by atoms with Gasteiger partial charge in [-0.3, -0.25) is 14.4 Å². The summed E-state index contributed by atoms with van der Waals surface area (Å²) in [4.78, 5) is 36.2. The van der Waals surface area contributed by atoms with Crippen molar-refractivity contribution in [3.05, 3.63) is 0 Å². The molecule has 1 N–H and O–H groups in total. The molecule has 4 aliphatic carbocycles. The Bertz CT molecular complexity index is 1050. The number of hydrogen-bond donors (Lipinski definition) is 1. The second kappa shape index (κ2) is 9.79. The summed E-state index contributed by atoms with van der Waals surface area (Å²) >= 11 is 0. The number of Topliss-reactive ketones (excluding diaryl/α,β-unsaturated/α-hetero) is 1. The van der Waals surface area contributed by atoms with Crippen molar-refractivity contribution in [2.45, 2.75) is 136 Å². The molecule has 1 unspecified atom stereocenters. The summed E-state index contributed by atoms with van der Waals surface area (Å²) in [7, 11) is 0. The maximum absolute atomic E-state index is 12.4. The fourth-order valence-electron chi connectivity index (χ4n) is 10.8. The monoisotopic (exact) mass is 560 g/mol. The zero-order valence-electron chi connectivity index (χ0n) is 26.0. The highest BCUT2D eigenvalue weighted by Crippen LogP contribution is 2.77. The fourth-order valence-corrected chi connectivity index (χ4v) is 10.8. The van der Waals surface area contributed by atoms with Gasteiger partial charge in [0.25, 0.3) is 0 Å². The van der Waals surface area contributed by atoms with Crippen LogP contribution in [0.25, 0.3) is 0 Å². The van der Waals surface area contributed by atoms with Crippen LogP contribution in [0, 0.1) is 46.3 Å². The van der Waals surface area contributed by atoms with Gasteiger partial charge in [-0.25, -0.2) is 0 Å². The van der Waals surface area contributed by atoms with E-state index < -0.39 is 23.3 Å². The van der Waals surface area contributed by atoms with Crippen molar-refractivity contribution in [2.24, 2.45) is 46.3 Å². The Morgan fingerprint density at radius 2 is 1.70 bits per heavy atom. The summed E-state index contributed by atoms with van der Waals surface area (Å²) in [5.74, 6) is 1.52. The van der Waals surface area contributed by atoms with Crippen LogP contribution in [-0.4, -0.2) is 52.3 Å². The Kier molecular flexibility index (Phi) is 7.34. The third kappa shape index (κ3) is 4.30. The van der Waals surface area contributed by atoms with Crippen LogP contribution in [0.15, 0.2) is 0 Å². The van der Waals surface area contributed by atoms with Gasteiger partial charge in [-0.2, -0.15) is 0 Å². The first-order chi connectivity index (χ1) is 18.5. The van der Waals surface area contributed by atoms with E-state index in [0.717, 1.165) is 44.9 Å². The number of carbonyl (C=O) groups is 3. The molecule has 226 valence electrons. The van der Waals surface area contributed by atoms with E-state index in [1.165, 1.54) is 26.7 Å². The van der Waals surface area contributed by atoms with Crippen molar-refractivity contribution in [2.75, 3.05) is 6.61 Å². The number of rotatable bonds is 7. The van der Waals surface area contributed by atoms with Crippen LogP contribution in [0.2, 0.25) is 0 Å². The van der Waals surface area contributed by atoms with Crippen LogP contribution in [0.3, 0.4) is 0 Å². The third-order valence-electron chi connectivity index (χ3n) is 13.4. The van der Waals surface area contributed by atoms with Gasteiger partial charge in [-0.15, -0.1) is 0 Å². The van der Waals surface area contributed by atoms with E-state index in [4.69, 9.17) is 14.2 Å². The van der Waals surface area contributed by atoms with Gasteiger partial charge in [-0.05, 0) is 93.8 Å². The highest BCUT2D eigenvalue weighted by atomic mass is 16.7. The fraction of sp³-hybridized carbons (Fsp3) is 0.909. The third-order valence-corrected chi connectivity index (χ3v) is 13.4. The van der Waals surface area contributed by atoms with E-state index in [2.05, 4.69) is 20.8 Å². The maximum Gasteiger partial charge on any atom is 0.303 e. The Labute approximate surface area is 240 Å². The minimum atomic E-state index is -1.28. The van der Waals surface area contributed by atoms with Gasteiger partial charge in [0, 0.05) is 38.0 Å². The summed E-state index contributed by atoms with van der Waals surface area (Å²) in [5, 5.41) is 11.3. The molecule has 5 fully saturated rings. The van der Waals surface area contributed by atoms with E-state index in [9.17, 15) is 19.5 Å². The van der Waals surface area contributed by atoms with E-state index >= 15 is 0 Å². The number of esters is 2. The molecule has 12 atom stereocenters. The van der Waals surface area contributed by atoms with Crippen LogP contribution < -0.4 is 0 Å². The largest absolute Gasteiger partial charge is 0.463 e. The van der Waals surface area contributed by atoms with Crippen molar-refractivity contribution >= 4 is 17.7 Å². The minimum absolute atomic E-state index is 0.0157. The second-order valence-electron chi connectivity index (χ2n) is 15.2. The highest BCUT2D eigenvalue weighted by molar-refractivity contribution is 5.79. The molecule has 0 bridgehead atoms. The van der Waals surface area contributed by atoms with Gasteiger partial charge in [0.1, 0.15) is 29.7 Å². The van der Waals surface area contributed by atoms with Gasteiger partial charge < -0.3 is 19.3 Å². The average Bonchev–Trinajstić information content (AvgIpc) is 3.39. The summed E-state index contributed by atoms with van der Waals surface area (Å²) in [5.41, 5.74) is -2.06. The van der Waals surface area contributed by atoms with E-state index in [0.29, 0.717) is 29.5 Å². The van der Waals surface area contributed by atoms with Gasteiger partial charge in [-0.1, -0.05) is 27.7 Å². The summed E-state index contributed by atoms with van der Waals surface area (Å²) < 4.78 is 18.2. The highest BCUT2D eigenvalue weighted by Gasteiger charge is 2.83. The number of carbonyl (C=O) groups excluding carboxylic acids is 3. The van der Waals surface area contributed by atoms with Crippen molar-refractivity contribution in [3.8, 4) is 0 Å². The zero-order valence-corrected chi connectivity index (χ0v) is 26.0. The SMILES string of the molecule is CC(=O)OCC(C)(O)[C@@H](C)[C@H](C)[C@@H](OC(C)=O)[C@]1(C)O[C@@]12CC[C@H]1[C@@H]3CC[C@H]4CC(=O)CC[C@]4(C)[C@H]3CC[C@@]12C. The first kappa shape index (κ1) is 30.0. The topological polar surface area (TPSA) is 102 Å². The molecule has 0 aromatic rings. The molecule has 1 saturated heterocycles. The lowest BCUT2D eigenvalue weighted by molar-refractivity contribution is -0.163. The molecule has 5 aliphatic rings. The lowest BCUT2D eigenvalue weighted by Gasteiger charge is -2.60. The molecule has 1 heterocycles. The van der Waals surface area contributed by atoms with Gasteiger partial charge in [0.2, 0.25) is 0 Å². The predicted octanol–water partition coefficient (Wildman–Crippen LogP) is 5.64. The van der Waals surface area contributed by atoms with Crippen molar-refractivity contribution in [3.63, 3.8) is 0 Å². The van der Waals surface area contributed by atoms with Gasteiger partial charge in [0.15, 0.2) is 0 Å². The number of aliphatic hydroxyl groups is 1. The molecule has 5 rings (SSSR count). The molecule has 0 radical (unpaired) electrons. The standard InChI is InChI=1S/C33H52O7/c1-19(20(2)31(7,37)18-38-21(3)34)28(39-22(4)35)32(8)33(40-32)16-13-27-25-10-9-23-17-24(36)11-14-29(23,5)26(25)12-15-30(27,33)6/h19-20,23,25-28,37H,9-18H2,1-8H3/t19-,20-,23-,25+,26-,27-,28+,29-,30-,31?,32-,33+/m0/s1. The molecular formula is C33H52O7. The molecular weight excluding hydrogens is 508 g/mol. The molecule has 0 amide bonds. The Morgan fingerprint density at radius 3 is 2.35 bits per heavy atom. The number of ether oxygens (including phenoxy) is 3. The Morgan fingerprint density at radius 1 is 1.02 bits per heavy atom. The number of ketones is 1. The molecule has 1 spiro atoms. The van der Waals surface area contributed by atoms with Crippen LogP contribution in [0.1, 0.15) is 113 Å². The predicted molar refractivity (Wildman–Crippen MR) is 150 cm³/mol. The number of fused-ring (bicyclic) bond motifs is 6. The minimum Gasteiger partial charge on any atom is -0.463 e. The van der Waals surface area contributed by atoms with Gasteiger partial charge in [0.05, 0.1) is 5.60 Å². The summed E-state index contributed by atoms with van der Waals surface area (Å²) in [6, 6.07) is 0.